The normalized spacial score (nSPS) is 34.5. The maximum Gasteiger partial charge on any atom is 0.305 e. The summed E-state index contributed by atoms with van der Waals surface area (Å²) in [5.74, 6) is -1.92. The number of rotatable bonds is 4. The van der Waals surface area contributed by atoms with Crippen LogP contribution in [0.2, 0.25) is 0 Å². The third kappa shape index (κ3) is 2.85. The van der Waals surface area contributed by atoms with Crippen LogP contribution in [0.1, 0.15) is 29.2 Å². The van der Waals surface area contributed by atoms with Crippen LogP contribution in [0.15, 0.2) is 38.6 Å². The monoisotopic (exact) mass is 534 g/mol. The van der Waals surface area contributed by atoms with E-state index in [1.807, 2.05) is 12.1 Å². The van der Waals surface area contributed by atoms with E-state index in [4.69, 9.17) is 5.11 Å². The predicted molar refractivity (Wildman–Crippen MR) is 122 cm³/mol. The molecule has 2 bridgehead atoms. The van der Waals surface area contributed by atoms with Gasteiger partial charge in [-0.15, -0.1) is 11.8 Å². The van der Waals surface area contributed by atoms with Gasteiger partial charge in [-0.2, -0.15) is 0 Å². The van der Waals surface area contributed by atoms with Crippen LogP contribution in [-0.4, -0.2) is 44.6 Å². The molecular formula is C22H19BrN2O5S2. The number of carbonyl (C=O) groups excluding carboxylic acids is 2. The van der Waals surface area contributed by atoms with Gasteiger partial charge in [0, 0.05) is 27.1 Å². The van der Waals surface area contributed by atoms with Gasteiger partial charge in [-0.25, -0.2) is 0 Å². The van der Waals surface area contributed by atoms with E-state index in [0.717, 1.165) is 26.4 Å². The topological polar surface area (TPSA) is 108 Å². The van der Waals surface area contributed by atoms with Crippen molar-refractivity contribution < 1.29 is 19.5 Å². The standard InChI is InChI=1S/C22H19BrN2O5S2/c23-9-3-1-8(2-4-9)13-14-10-7-11(17(14)31-19-18(13)32-22(30)24-19)16-15(10)20(28)25(21(16)29)6-5-12(26)27/h1-4,10-11,13-17H,5-7H2,(H,24,30)(H,26,27)/t10-,11+,13+,14+,15+,16+,17-/m0/s1. The average Bonchev–Trinajstić information content (AvgIpc) is 3.47. The molecule has 1 aromatic heterocycles. The van der Waals surface area contributed by atoms with E-state index in [2.05, 4.69) is 33.0 Å². The number of aromatic amines is 1. The minimum Gasteiger partial charge on any atom is -0.481 e. The number of imide groups is 1. The van der Waals surface area contributed by atoms with Gasteiger partial charge in [0.15, 0.2) is 0 Å². The number of amides is 2. The second-order valence-electron chi connectivity index (χ2n) is 8.98. The molecule has 2 aliphatic heterocycles. The Bertz CT molecular complexity index is 1210. The molecule has 2 saturated carbocycles. The molecule has 0 unspecified atom stereocenters. The summed E-state index contributed by atoms with van der Waals surface area (Å²) in [5.41, 5.74) is 1.11. The fourth-order valence-corrected chi connectivity index (χ4v) is 9.70. The van der Waals surface area contributed by atoms with Gasteiger partial charge in [-0.1, -0.05) is 39.4 Å². The second kappa shape index (κ2) is 7.30. The molecule has 3 fully saturated rings. The van der Waals surface area contributed by atoms with E-state index in [1.165, 1.54) is 16.2 Å². The van der Waals surface area contributed by atoms with Gasteiger partial charge >= 0.3 is 10.8 Å². The third-order valence-corrected chi connectivity index (χ3v) is 10.7. The van der Waals surface area contributed by atoms with Crippen molar-refractivity contribution in [2.24, 2.45) is 29.6 Å². The number of hydrogen-bond donors (Lipinski definition) is 2. The Kier molecular flexibility index (Phi) is 4.71. The molecular weight excluding hydrogens is 516 g/mol. The number of carbonyl (C=O) groups is 3. The van der Waals surface area contributed by atoms with Gasteiger partial charge in [0.2, 0.25) is 11.8 Å². The smallest absolute Gasteiger partial charge is 0.305 e. The Balaban J connectivity index is 1.41. The molecule has 7 atom stereocenters. The second-order valence-corrected chi connectivity index (χ2v) is 12.1. The number of aliphatic carboxylic acids is 1. The molecule has 0 radical (unpaired) electrons. The Morgan fingerprint density at radius 1 is 1.12 bits per heavy atom. The Labute approximate surface area is 199 Å². The highest BCUT2D eigenvalue weighted by Crippen LogP contribution is 2.68. The number of carboxylic acids is 1. The van der Waals surface area contributed by atoms with Gasteiger partial charge in [0.25, 0.3) is 0 Å². The average molecular weight is 535 g/mol. The first-order valence-electron chi connectivity index (χ1n) is 10.6. The molecule has 1 saturated heterocycles. The SMILES string of the molecule is O=C(O)CCN1C(=O)[C@@H]2[C@H]3C[C@@H]([C@@H]4Sc5[nH]c(=O)sc5[C@H](c5ccc(Br)cc5)[C@@H]34)[C@H]2C1=O. The molecule has 32 heavy (non-hydrogen) atoms. The Morgan fingerprint density at radius 3 is 2.50 bits per heavy atom. The number of nitrogens with zero attached hydrogens (tertiary/aromatic N) is 1. The lowest BCUT2D eigenvalue weighted by Gasteiger charge is -2.43. The number of H-pyrrole nitrogens is 1. The van der Waals surface area contributed by atoms with E-state index in [0.29, 0.717) is 0 Å². The van der Waals surface area contributed by atoms with Crippen LogP contribution in [0.5, 0.6) is 0 Å². The fraction of sp³-hybridized carbons (Fsp3) is 0.455. The van der Waals surface area contributed by atoms with Crippen LogP contribution in [0.4, 0.5) is 0 Å². The summed E-state index contributed by atoms with van der Waals surface area (Å²) in [6.45, 7) is -0.0568. The van der Waals surface area contributed by atoms with Gasteiger partial charge in [-0.3, -0.25) is 24.1 Å². The van der Waals surface area contributed by atoms with Gasteiger partial charge in [-0.05, 0) is 41.9 Å². The van der Waals surface area contributed by atoms with Crippen molar-refractivity contribution in [2.45, 2.75) is 29.0 Å². The van der Waals surface area contributed by atoms with Crippen LogP contribution in [0, 0.1) is 29.6 Å². The maximum absolute atomic E-state index is 13.3. The van der Waals surface area contributed by atoms with Crippen LogP contribution < -0.4 is 4.87 Å². The highest BCUT2D eigenvalue weighted by atomic mass is 79.9. The first kappa shape index (κ1) is 20.7. The van der Waals surface area contributed by atoms with Crippen molar-refractivity contribution in [1.29, 1.82) is 0 Å². The molecule has 2 aliphatic carbocycles. The maximum atomic E-state index is 13.3. The molecule has 166 valence electrons. The zero-order valence-corrected chi connectivity index (χ0v) is 19.9. The molecule has 2 N–H and O–H groups in total. The summed E-state index contributed by atoms with van der Waals surface area (Å²) >= 11 is 6.39. The van der Waals surface area contributed by atoms with Crippen molar-refractivity contribution in [3.05, 3.63) is 48.8 Å². The zero-order valence-electron chi connectivity index (χ0n) is 16.7. The van der Waals surface area contributed by atoms with Crippen LogP contribution >= 0.6 is 39.0 Å². The highest BCUT2D eigenvalue weighted by Gasteiger charge is 2.69. The molecule has 10 heteroatoms. The van der Waals surface area contributed by atoms with E-state index < -0.39 is 5.97 Å². The predicted octanol–water partition coefficient (Wildman–Crippen LogP) is 3.15. The number of hydrogen-bond acceptors (Lipinski definition) is 6. The quantitative estimate of drug-likeness (QED) is 0.583. The highest BCUT2D eigenvalue weighted by molar-refractivity contribution is 9.10. The lowest BCUT2D eigenvalue weighted by Crippen LogP contribution is -2.42. The van der Waals surface area contributed by atoms with E-state index in [-0.39, 0.29) is 70.4 Å². The molecule has 3 heterocycles. The molecule has 0 spiro atoms. The third-order valence-electron chi connectivity index (χ3n) is 7.59. The van der Waals surface area contributed by atoms with Crippen molar-refractivity contribution >= 4 is 56.8 Å². The summed E-state index contributed by atoms with van der Waals surface area (Å²) in [7, 11) is 0. The van der Waals surface area contributed by atoms with Crippen LogP contribution in [0.3, 0.4) is 0 Å². The molecule has 1 aromatic carbocycles. The summed E-state index contributed by atoms with van der Waals surface area (Å²) in [4.78, 5) is 54.8. The number of thioether (sulfide) groups is 1. The molecule has 4 aliphatic rings. The number of likely N-dealkylation sites (tertiary alicyclic amines) is 1. The van der Waals surface area contributed by atoms with Gasteiger partial charge < -0.3 is 10.1 Å². The molecule has 7 nitrogen and oxygen atoms in total. The first-order valence-corrected chi connectivity index (χ1v) is 13.1. The number of halogens is 1. The fourth-order valence-electron chi connectivity index (χ4n) is 6.55. The number of thiazole rings is 1. The minimum absolute atomic E-state index is 0.000205. The van der Waals surface area contributed by atoms with Crippen molar-refractivity contribution in [3.8, 4) is 0 Å². The number of fused-ring (bicyclic) bond motifs is 9. The number of nitrogens with one attached hydrogen (secondary N) is 1. The largest absolute Gasteiger partial charge is 0.481 e. The Morgan fingerprint density at radius 2 is 1.81 bits per heavy atom. The molecule has 6 rings (SSSR count). The summed E-state index contributed by atoms with van der Waals surface area (Å²) < 4.78 is 0.976. The summed E-state index contributed by atoms with van der Waals surface area (Å²) in [5, 5.41) is 10.1. The van der Waals surface area contributed by atoms with Crippen molar-refractivity contribution in [2.75, 3.05) is 6.54 Å². The van der Waals surface area contributed by atoms with E-state index >= 15 is 0 Å². The number of aromatic nitrogens is 1. The van der Waals surface area contributed by atoms with E-state index in [1.54, 1.807) is 11.8 Å². The lowest BCUT2D eigenvalue weighted by molar-refractivity contribution is -0.142. The first-order chi connectivity index (χ1) is 15.3. The zero-order chi connectivity index (χ0) is 22.3. The van der Waals surface area contributed by atoms with Crippen LogP contribution in [-0.2, 0) is 14.4 Å². The van der Waals surface area contributed by atoms with Gasteiger partial charge in [0.05, 0.1) is 23.3 Å². The minimum atomic E-state index is -1.02. The number of benzene rings is 1. The number of carboxylic acid groups (broad SMARTS) is 1. The molecule has 2 aromatic rings. The Hall–Kier alpha value is -1.91. The summed E-state index contributed by atoms with van der Waals surface area (Å²) in [6.07, 6.45) is 0.599. The molecule has 2 amide bonds. The van der Waals surface area contributed by atoms with E-state index in [9.17, 15) is 19.2 Å². The van der Waals surface area contributed by atoms with Gasteiger partial charge in [0.1, 0.15) is 0 Å². The lowest BCUT2D eigenvalue weighted by atomic mass is 9.68. The van der Waals surface area contributed by atoms with Crippen molar-refractivity contribution in [3.63, 3.8) is 0 Å². The van der Waals surface area contributed by atoms with Crippen molar-refractivity contribution in [1.82, 2.24) is 9.88 Å². The summed E-state index contributed by atoms with van der Waals surface area (Å²) in [6, 6.07) is 8.13. The van der Waals surface area contributed by atoms with Crippen LogP contribution in [0.25, 0.3) is 0 Å².